The van der Waals surface area contributed by atoms with Crippen molar-refractivity contribution < 1.29 is 4.42 Å². The van der Waals surface area contributed by atoms with Crippen molar-refractivity contribution >= 4 is 23.1 Å². The summed E-state index contributed by atoms with van der Waals surface area (Å²) in [5.74, 6) is 2.98. The van der Waals surface area contributed by atoms with Crippen molar-refractivity contribution in [3.8, 4) is 16.5 Å². The Morgan fingerprint density at radius 2 is 2.00 bits per heavy atom. The van der Waals surface area contributed by atoms with E-state index in [1.165, 1.54) is 12.8 Å². The van der Waals surface area contributed by atoms with Gasteiger partial charge in [-0.2, -0.15) is 0 Å². The molecule has 0 radical (unpaired) electrons. The zero-order valence-corrected chi connectivity index (χ0v) is 15.5. The van der Waals surface area contributed by atoms with Gasteiger partial charge in [-0.1, -0.05) is 36.0 Å². The van der Waals surface area contributed by atoms with Crippen molar-refractivity contribution in [3.05, 3.63) is 65.6 Å². The smallest absolute Gasteiger partial charge is 0.236 e. The molecule has 1 aromatic carbocycles. The van der Waals surface area contributed by atoms with E-state index in [1.54, 1.807) is 29.4 Å². The Morgan fingerprint density at radius 3 is 2.77 bits per heavy atom. The highest BCUT2D eigenvalue weighted by Gasteiger charge is 2.31. The van der Waals surface area contributed by atoms with Gasteiger partial charge >= 0.3 is 0 Å². The Kier molecular flexibility index (Phi) is 4.10. The molecule has 0 bridgehead atoms. The molecule has 4 aromatic rings. The molecular weight excluding hydrogens is 364 g/mol. The predicted molar refractivity (Wildman–Crippen MR) is 103 cm³/mol. The van der Waals surface area contributed by atoms with Gasteiger partial charge in [0, 0.05) is 17.4 Å². The largest absolute Gasteiger partial charge is 0.444 e. The molecule has 1 aliphatic rings. The summed E-state index contributed by atoms with van der Waals surface area (Å²) < 4.78 is 7.79. The maximum Gasteiger partial charge on any atom is 0.236 e. The highest BCUT2D eigenvalue weighted by Crippen LogP contribution is 2.41. The lowest BCUT2D eigenvalue weighted by atomic mass is 10.3. The third kappa shape index (κ3) is 3.08. The van der Waals surface area contributed by atoms with E-state index in [-0.39, 0.29) is 0 Å². The molecule has 1 aliphatic carbocycles. The molecule has 0 N–H and O–H groups in total. The summed E-state index contributed by atoms with van der Waals surface area (Å²) in [5.41, 5.74) is 2.02. The fourth-order valence-electron chi connectivity index (χ4n) is 2.83. The van der Waals surface area contributed by atoms with Crippen LogP contribution in [0.2, 0.25) is 0 Å². The number of rotatable bonds is 6. The summed E-state index contributed by atoms with van der Waals surface area (Å²) in [6.07, 6.45) is 4.12. The summed E-state index contributed by atoms with van der Waals surface area (Å²) in [6, 6.07) is 14.3. The van der Waals surface area contributed by atoms with Gasteiger partial charge in [-0.05, 0) is 36.4 Å². The molecule has 1 saturated carbocycles. The second-order valence-corrected chi connectivity index (χ2v) is 8.09. The number of thiophene rings is 1. The minimum absolute atomic E-state index is 0.537. The molecule has 0 atom stereocenters. The van der Waals surface area contributed by atoms with Gasteiger partial charge in [-0.15, -0.1) is 21.5 Å². The summed E-state index contributed by atoms with van der Waals surface area (Å²) in [5, 5.41) is 11.8. The lowest BCUT2D eigenvalue weighted by molar-refractivity contribution is 0.575. The number of para-hydroxylation sites is 1. The van der Waals surface area contributed by atoms with Gasteiger partial charge in [-0.3, -0.25) is 4.57 Å². The second kappa shape index (κ2) is 6.74. The molecule has 1 fully saturated rings. The van der Waals surface area contributed by atoms with Crippen LogP contribution in [0.5, 0.6) is 0 Å². The van der Waals surface area contributed by atoms with Crippen LogP contribution in [0.3, 0.4) is 0 Å². The van der Waals surface area contributed by atoms with E-state index in [1.807, 2.05) is 35.7 Å². The van der Waals surface area contributed by atoms with Gasteiger partial charge in [0.05, 0.1) is 10.6 Å². The molecule has 3 heterocycles. The van der Waals surface area contributed by atoms with Crippen molar-refractivity contribution in [2.45, 2.75) is 29.7 Å². The van der Waals surface area contributed by atoms with E-state index < -0.39 is 0 Å². The maximum atomic E-state index is 5.61. The summed E-state index contributed by atoms with van der Waals surface area (Å²) in [6.45, 7) is 0. The molecule has 0 aliphatic heterocycles. The Hall–Kier alpha value is -2.38. The van der Waals surface area contributed by atoms with Gasteiger partial charge in [0.1, 0.15) is 12.1 Å². The van der Waals surface area contributed by atoms with E-state index in [0.717, 1.165) is 27.2 Å². The lowest BCUT2D eigenvalue weighted by Crippen LogP contribution is -2.01. The summed E-state index contributed by atoms with van der Waals surface area (Å²) >= 11 is 3.27. The Balaban J connectivity index is 1.39. The van der Waals surface area contributed by atoms with Crippen LogP contribution >= 0.6 is 23.1 Å². The van der Waals surface area contributed by atoms with Crippen LogP contribution in [-0.4, -0.2) is 19.7 Å². The summed E-state index contributed by atoms with van der Waals surface area (Å²) in [4.78, 5) is 5.64. The van der Waals surface area contributed by atoms with Gasteiger partial charge in [0.25, 0.3) is 0 Å². The fourth-order valence-corrected chi connectivity index (χ4v) is 4.32. The fraction of sp³-hybridized carbons (Fsp3) is 0.211. The predicted octanol–water partition coefficient (Wildman–Crippen LogP) is 5.15. The van der Waals surface area contributed by atoms with Gasteiger partial charge in [0.15, 0.2) is 5.16 Å². The number of thioether (sulfide) groups is 1. The first-order valence-electron chi connectivity index (χ1n) is 8.50. The molecule has 26 heavy (non-hydrogen) atoms. The highest BCUT2D eigenvalue weighted by atomic mass is 32.2. The monoisotopic (exact) mass is 380 g/mol. The first-order chi connectivity index (χ1) is 12.9. The molecule has 0 spiro atoms. The van der Waals surface area contributed by atoms with Gasteiger partial charge in [0.2, 0.25) is 5.89 Å². The lowest BCUT2D eigenvalue weighted by Gasteiger charge is -2.09. The van der Waals surface area contributed by atoms with Crippen LogP contribution in [0, 0.1) is 0 Å². The molecule has 0 amide bonds. The topological polar surface area (TPSA) is 56.7 Å². The number of benzene rings is 1. The zero-order valence-electron chi connectivity index (χ0n) is 13.9. The molecule has 130 valence electrons. The molecule has 3 aromatic heterocycles. The minimum Gasteiger partial charge on any atom is -0.444 e. The highest BCUT2D eigenvalue weighted by molar-refractivity contribution is 7.98. The van der Waals surface area contributed by atoms with Crippen molar-refractivity contribution in [2.75, 3.05) is 0 Å². The Labute approximate surface area is 159 Å². The molecule has 7 heteroatoms. The molecular formula is C19H16N4OS2. The van der Waals surface area contributed by atoms with E-state index in [4.69, 9.17) is 4.42 Å². The van der Waals surface area contributed by atoms with Crippen molar-refractivity contribution in [1.29, 1.82) is 0 Å². The van der Waals surface area contributed by atoms with E-state index in [9.17, 15) is 0 Å². The molecule has 0 unspecified atom stereocenters. The average Bonchev–Trinajstić information content (AvgIpc) is 3.08. The third-order valence-electron chi connectivity index (χ3n) is 4.25. The average molecular weight is 380 g/mol. The van der Waals surface area contributed by atoms with Crippen molar-refractivity contribution in [1.82, 2.24) is 19.7 Å². The van der Waals surface area contributed by atoms with E-state index in [0.29, 0.717) is 17.6 Å². The number of oxazole rings is 1. The maximum absolute atomic E-state index is 5.61. The van der Waals surface area contributed by atoms with Crippen molar-refractivity contribution in [2.24, 2.45) is 0 Å². The quantitative estimate of drug-likeness (QED) is 0.433. The van der Waals surface area contributed by atoms with Crippen LogP contribution in [0.15, 0.2) is 63.7 Å². The second-order valence-electron chi connectivity index (χ2n) is 6.20. The molecule has 5 nitrogen and oxygen atoms in total. The number of hydrogen-bond acceptors (Lipinski definition) is 6. The number of aromatic nitrogens is 4. The van der Waals surface area contributed by atoms with E-state index >= 15 is 0 Å². The number of hydrogen-bond donors (Lipinski definition) is 0. The minimum atomic E-state index is 0.537. The summed E-state index contributed by atoms with van der Waals surface area (Å²) in [7, 11) is 0. The first-order valence-corrected chi connectivity index (χ1v) is 10.4. The van der Waals surface area contributed by atoms with Crippen LogP contribution < -0.4 is 0 Å². The van der Waals surface area contributed by atoms with Crippen LogP contribution in [0.25, 0.3) is 16.5 Å². The normalized spacial score (nSPS) is 14.0. The van der Waals surface area contributed by atoms with Crippen LogP contribution in [-0.2, 0) is 5.75 Å². The Bertz CT molecular complexity index is 1000. The van der Waals surface area contributed by atoms with Crippen LogP contribution in [0.4, 0.5) is 0 Å². The van der Waals surface area contributed by atoms with Gasteiger partial charge in [-0.25, -0.2) is 4.98 Å². The first kappa shape index (κ1) is 15.8. The molecule has 0 saturated heterocycles. The standard InChI is InChI=1S/C19H16N4OS2/c1-2-5-15(6-3-1)23-17(13-8-9-13)21-22-19(23)26-12-14-11-24-18(20-14)16-7-4-10-25-16/h1-7,10-11,13H,8-9,12H2. The van der Waals surface area contributed by atoms with Crippen molar-refractivity contribution in [3.63, 3.8) is 0 Å². The third-order valence-corrected chi connectivity index (χ3v) is 6.07. The Morgan fingerprint density at radius 1 is 1.12 bits per heavy atom. The SMILES string of the molecule is c1ccc(-n2c(SCc3coc(-c4cccs4)n3)nnc2C2CC2)cc1. The van der Waals surface area contributed by atoms with Crippen LogP contribution in [0.1, 0.15) is 30.3 Å². The zero-order chi connectivity index (χ0) is 17.3. The number of nitrogens with zero attached hydrogens (tertiary/aromatic N) is 4. The van der Waals surface area contributed by atoms with Gasteiger partial charge < -0.3 is 4.42 Å². The van der Waals surface area contributed by atoms with E-state index in [2.05, 4.69) is 31.9 Å². The molecule has 5 rings (SSSR count).